The fourth-order valence-corrected chi connectivity index (χ4v) is 4.90. The number of fused-ring (bicyclic) bond motifs is 2. The number of halogens is 3. The summed E-state index contributed by atoms with van der Waals surface area (Å²) in [6.07, 6.45) is -1.54. The van der Waals surface area contributed by atoms with Gasteiger partial charge in [-0.25, -0.2) is 4.98 Å². The largest absolute Gasteiger partial charge is 0.481 e. The minimum Gasteiger partial charge on any atom is -0.481 e. The van der Waals surface area contributed by atoms with Crippen molar-refractivity contribution in [1.82, 2.24) is 4.98 Å². The van der Waals surface area contributed by atoms with E-state index in [2.05, 4.69) is 4.98 Å². The van der Waals surface area contributed by atoms with Crippen LogP contribution in [0.3, 0.4) is 0 Å². The molecule has 0 saturated heterocycles. The lowest BCUT2D eigenvalue weighted by atomic mass is 10.1. The molecule has 0 bridgehead atoms. The van der Waals surface area contributed by atoms with E-state index in [1.807, 2.05) is 19.1 Å². The van der Waals surface area contributed by atoms with Crippen LogP contribution in [-0.4, -0.2) is 28.1 Å². The van der Waals surface area contributed by atoms with Crippen molar-refractivity contribution in [2.75, 3.05) is 4.90 Å². The maximum atomic E-state index is 13.0. The molecule has 2 heterocycles. The van der Waals surface area contributed by atoms with E-state index in [-0.39, 0.29) is 11.6 Å². The Bertz CT molecular complexity index is 1160. The molecule has 0 saturated carbocycles. The summed E-state index contributed by atoms with van der Waals surface area (Å²) in [7, 11) is 0. The first kappa shape index (κ1) is 20.2. The monoisotopic (exact) mass is 470 g/mol. The number of rotatable bonds is 4. The predicted molar refractivity (Wildman–Crippen MR) is 114 cm³/mol. The van der Waals surface area contributed by atoms with E-state index >= 15 is 0 Å². The maximum absolute atomic E-state index is 13.0. The van der Waals surface area contributed by atoms with E-state index in [0.29, 0.717) is 36.7 Å². The van der Waals surface area contributed by atoms with Gasteiger partial charge >= 0.3 is 5.97 Å². The van der Waals surface area contributed by atoms with E-state index in [1.165, 1.54) is 16.2 Å². The number of aryl methyl sites for hydroxylation is 1. The Hall–Kier alpha value is -2.06. The van der Waals surface area contributed by atoms with Crippen LogP contribution in [0.5, 0.6) is 5.75 Å². The molecule has 3 aromatic rings. The summed E-state index contributed by atoms with van der Waals surface area (Å²) < 4.78 is 6.39. The summed E-state index contributed by atoms with van der Waals surface area (Å²) in [5.74, 6) is -1.06. The third-order valence-corrected chi connectivity index (χ3v) is 6.95. The highest BCUT2D eigenvalue weighted by Gasteiger charge is 2.37. The van der Waals surface area contributed by atoms with Gasteiger partial charge in [0.2, 0.25) is 0 Å². The quantitative estimate of drug-likeness (QED) is 0.520. The zero-order valence-electron chi connectivity index (χ0n) is 14.9. The number of amides is 1. The third-order valence-electron chi connectivity index (χ3n) is 4.50. The van der Waals surface area contributed by atoms with Crippen LogP contribution in [0.4, 0.5) is 5.69 Å². The first-order valence-electron chi connectivity index (χ1n) is 8.48. The van der Waals surface area contributed by atoms with Gasteiger partial charge in [0.15, 0.2) is 6.10 Å². The molecule has 0 aliphatic carbocycles. The summed E-state index contributed by atoms with van der Waals surface area (Å²) in [4.78, 5) is 30.2. The Morgan fingerprint density at radius 1 is 1.31 bits per heavy atom. The number of thiazole rings is 1. The van der Waals surface area contributed by atoms with Crippen molar-refractivity contribution >= 4 is 73.9 Å². The minimum atomic E-state index is -1.11. The second-order valence-corrected chi connectivity index (χ2v) is 8.74. The van der Waals surface area contributed by atoms with Crippen LogP contribution in [0.2, 0.25) is 15.1 Å². The van der Waals surface area contributed by atoms with Gasteiger partial charge < -0.3 is 9.84 Å². The zero-order valence-corrected chi connectivity index (χ0v) is 18.0. The number of aliphatic carboxylic acids is 1. The van der Waals surface area contributed by atoms with E-state index in [4.69, 9.17) is 44.6 Å². The highest BCUT2D eigenvalue weighted by Crippen LogP contribution is 2.42. The maximum Gasteiger partial charge on any atom is 0.307 e. The number of anilines is 1. The molecular weight excluding hydrogens is 459 g/mol. The predicted octanol–water partition coefficient (Wildman–Crippen LogP) is 5.33. The number of carbonyl (C=O) groups excluding carboxylic acids is 1. The van der Waals surface area contributed by atoms with Crippen LogP contribution in [-0.2, 0) is 16.1 Å². The lowest BCUT2D eigenvalue weighted by Gasteiger charge is -2.34. The van der Waals surface area contributed by atoms with Gasteiger partial charge in [0.1, 0.15) is 10.8 Å². The Balaban J connectivity index is 1.76. The van der Waals surface area contributed by atoms with Gasteiger partial charge in [0.05, 0.1) is 43.9 Å². The van der Waals surface area contributed by atoms with Crippen molar-refractivity contribution in [2.24, 2.45) is 0 Å². The van der Waals surface area contributed by atoms with Crippen molar-refractivity contribution in [1.29, 1.82) is 0 Å². The highest BCUT2D eigenvalue weighted by molar-refractivity contribution is 7.19. The summed E-state index contributed by atoms with van der Waals surface area (Å²) in [5, 5.41) is 10.6. The SMILES string of the molecule is Cc1cccc2c1OC(CC(=O)O)C(=O)N2Cc1nc2cc(Cl)c(Cl)c(Cl)c2s1. The smallest absolute Gasteiger partial charge is 0.307 e. The summed E-state index contributed by atoms with van der Waals surface area (Å²) in [6.45, 7) is 1.98. The molecule has 0 spiro atoms. The second-order valence-electron chi connectivity index (χ2n) is 6.49. The van der Waals surface area contributed by atoms with Crippen molar-refractivity contribution in [3.63, 3.8) is 0 Å². The Morgan fingerprint density at radius 3 is 2.79 bits per heavy atom. The second kappa shape index (κ2) is 7.65. The molecule has 6 nitrogen and oxygen atoms in total. The molecule has 150 valence electrons. The number of benzene rings is 2. The van der Waals surface area contributed by atoms with Gasteiger partial charge in [-0.05, 0) is 24.6 Å². The molecule has 1 atom stereocenters. The van der Waals surface area contributed by atoms with Crippen LogP contribution in [0.1, 0.15) is 17.0 Å². The molecular formula is C19H13Cl3N2O4S. The normalized spacial score (nSPS) is 16.1. The standard InChI is InChI=1S/C19H13Cl3N2O4S/c1-8-3-2-4-11-17(8)28-12(6-14(25)26)19(27)24(11)7-13-23-10-5-9(20)15(21)16(22)18(10)29-13/h2-5,12H,6-7H2,1H3,(H,25,26). The molecule has 2 aromatic carbocycles. The number of carboxylic acid groups (broad SMARTS) is 1. The van der Waals surface area contributed by atoms with Gasteiger partial charge in [-0.15, -0.1) is 11.3 Å². The molecule has 1 amide bonds. The molecule has 10 heteroatoms. The fourth-order valence-electron chi connectivity index (χ4n) is 3.16. The van der Waals surface area contributed by atoms with E-state index in [0.717, 1.165) is 5.56 Å². The summed E-state index contributed by atoms with van der Waals surface area (Å²) >= 11 is 19.8. The fraction of sp³-hybridized carbons (Fsp3) is 0.211. The first-order chi connectivity index (χ1) is 13.8. The molecule has 4 rings (SSSR count). The minimum absolute atomic E-state index is 0.139. The Labute approximate surface area is 184 Å². The van der Waals surface area contributed by atoms with Gasteiger partial charge in [-0.2, -0.15) is 0 Å². The number of nitrogens with zero attached hydrogens (tertiary/aromatic N) is 2. The molecule has 1 aliphatic heterocycles. The molecule has 1 N–H and O–H groups in total. The van der Waals surface area contributed by atoms with Gasteiger partial charge in [-0.1, -0.05) is 46.9 Å². The summed E-state index contributed by atoms with van der Waals surface area (Å²) in [5.41, 5.74) is 1.95. The number of ether oxygens (including phenoxy) is 1. The van der Waals surface area contributed by atoms with Crippen molar-refractivity contribution in [2.45, 2.75) is 26.0 Å². The lowest BCUT2D eigenvalue weighted by molar-refractivity contribution is -0.142. The summed E-state index contributed by atoms with van der Waals surface area (Å²) in [6, 6.07) is 7.03. The van der Waals surface area contributed by atoms with E-state index in [1.54, 1.807) is 12.1 Å². The van der Waals surface area contributed by atoms with Crippen LogP contribution in [0.25, 0.3) is 10.2 Å². The number of aromatic nitrogens is 1. The van der Waals surface area contributed by atoms with Crippen molar-refractivity contribution < 1.29 is 19.4 Å². The van der Waals surface area contributed by atoms with Crippen LogP contribution < -0.4 is 9.64 Å². The highest BCUT2D eigenvalue weighted by atomic mass is 35.5. The molecule has 29 heavy (non-hydrogen) atoms. The topological polar surface area (TPSA) is 79.7 Å². The van der Waals surface area contributed by atoms with E-state index < -0.39 is 24.4 Å². The zero-order chi connectivity index (χ0) is 20.9. The van der Waals surface area contributed by atoms with Crippen molar-refractivity contribution in [3.8, 4) is 5.75 Å². The van der Waals surface area contributed by atoms with Gasteiger partial charge in [-0.3, -0.25) is 14.5 Å². The molecule has 0 radical (unpaired) electrons. The average Bonchev–Trinajstić information content (AvgIpc) is 3.06. The van der Waals surface area contributed by atoms with Crippen LogP contribution >= 0.6 is 46.1 Å². The molecule has 1 aromatic heterocycles. The number of carbonyl (C=O) groups is 2. The molecule has 1 aliphatic rings. The number of hydrogen-bond donors (Lipinski definition) is 1. The van der Waals surface area contributed by atoms with Crippen molar-refractivity contribution in [3.05, 3.63) is 49.9 Å². The van der Waals surface area contributed by atoms with Gasteiger partial charge in [0.25, 0.3) is 5.91 Å². The average molecular weight is 472 g/mol. The van der Waals surface area contributed by atoms with E-state index in [9.17, 15) is 9.59 Å². The Kier molecular flexibility index (Phi) is 5.33. The third kappa shape index (κ3) is 3.64. The van der Waals surface area contributed by atoms with Gasteiger partial charge in [0, 0.05) is 0 Å². The number of carboxylic acids is 1. The molecule has 1 unspecified atom stereocenters. The number of hydrogen-bond acceptors (Lipinski definition) is 5. The lowest BCUT2D eigenvalue weighted by Crippen LogP contribution is -2.46. The van der Waals surface area contributed by atoms with Crippen LogP contribution in [0.15, 0.2) is 24.3 Å². The first-order valence-corrected chi connectivity index (χ1v) is 10.4. The number of para-hydroxylation sites is 1. The molecule has 0 fully saturated rings. The van der Waals surface area contributed by atoms with Crippen LogP contribution in [0, 0.1) is 6.92 Å². The Morgan fingerprint density at radius 2 is 2.07 bits per heavy atom.